The molecule has 1 aromatic carbocycles. The van der Waals surface area contributed by atoms with Gasteiger partial charge in [-0.1, -0.05) is 19.1 Å². The van der Waals surface area contributed by atoms with Gasteiger partial charge in [0.15, 0.2) is 15.8 Å². The Kier molecular flexibility index (Phi) is 3.13. The first-order chi connectivity index (χ1) is 8.44. The van der Waals surface area contributed by atoms with Gasteiger partial charge in [-0.15, -0.1) is 0 Å². The summed E-state index contributed by atoms with van der Waals surface area (Å²) in [4.78, 5) is 7.40. The number of benzene rings is 1. The summed E-state index contributed by atoms with van der Waals surface area (Å²) in [5, 5.41) is 0. The van der Waals surface area contributed by atoms with Crippen LogP contribution in [0, 0.1) is 6.92 Å². The summed E-state index contributed by atoms with van der Waals surface area (Å²) < 4.78 is 23.4. The molecule has 96 valence electrons. The fourth-order valence-corrected chi connectivity index (χ4v) is 2.64. The van der Waals surface area contributed by atoms with E-state index in [1.54, 1.807) is 31.2 Å². The number of hydrogen-bond acceptors (Lipinski definition) is 4. The number of nitrogens with one attached hydrogen (secondary N) is 1. The first-order valence-corrected chi connectivity index (χ1v) is 7.24. The molecule has 0 aliphatic carbocycles. The molecule has 0 spiro atoms. The highest BCUT2D eigenvalue weighted by molar-refractivity contribution is 7.91. The topological polar surface area (TPSA) is 88.8 Å². The van der Waals surface area contributed by atoms with Crippen LogP contribution in [0.1, 0.15) is 12.6 Å². The molecule has 1 aromatic heterocycles. The van der Waals surface area contributed by atoms with Crippen molar-refractivity contribution in [3.05, 3.63) is 30.0 Å². The molecular formula is C12H15N3O2S. The molecule has 2 rings (SSSR count). The molecule has 18 heavy (non-hydrogen) atoms. The van der Waals surface area contributed by atoms with Crippen molar-refractivity contribution in [3.63, 3.8) is 0 Å². The number of nitrogens with two attached hydrogens (primary N) is 1. The Bertz CT molecular complexity index is 657. The highest BCUT2D eigenvalue weighted by atomic mass is 32.2. The Balaban J connectivity index is 2.42. The maximum atomic E-state index is 11.7. The van der Waals surface area contributed by atoms with E-state index in [2.05, 4.69) is 9.97 Å². The Morgan fingerprint density at radius 3 is 2.33 bits per heavy atom. The van der Waals surface area contributed by atoms with E-state index in [0.717, 1.165) is 17.0 Å². The van der Waals surface area contributed by atoms with Gasteiger partial charge in [0.05, 0.1) is 16.3 Å². The number of aromatic amines is 1. The predicted octanol–water partition coefficient (Wildman–Crippen LogP) is 1.76. The van der Waals surface area contributed by atoms with Gasteiger partial charge in [-0.2, -0.15) is 0 Å². The Labute approximate surface area is 106 Å². The molecule has 0 unspecified atom stereocenters. The average Bonchev–Trinajstić information content (AvgIpc) is 2.69. The summed E-state index contributed by atoms with van der Waals surface area (Å²) in [6.45, 7) is 3.50. The van der Waals surface area contributed by atoms with Crippen molar-refractivity contribution in [2.24, 2.45) is 0 Å². The molecule has 0 radical (unpaired) electrons. The predicted molar refractivity (Wildman–Crippen MR) is 70.9 cm³/mol. The quantitative estimate of drug-likeness (QED) is 0.885. The SMILES string of the molecule is CCS(=O)(=O)c1ccc(-c2nc(N)[nH]c2C)cc1. The summed E-state index contributed by atoms with van der Waals surface area (Å²) in [7, 11) is -3.15. The summed E-state index contributed by atoms with van der Waals surface area (Å²) in [5.41, 5.74) is 8.02. The van der Waals surface area contributed by atoms with Crippen LogP contribution in [0.4, 0.5) is 5.95 Å². The molecule has 0 aliphatic heterocycles. The molecule has 5 nitrogen and oxygen atoms in total. The van der Waals surface area contributed by atoms with Crippen molar-refractivity contribution in [2.75, 3.05) is 11.5 Å². The number of aromatic nitrogens is 2. The zero-order valence-corrected chi connectivity index (χ0v) is 11.1. The maximum Gasteiger partial charge on any atom is 0.198 e. The van der Waals surface area contributed by atoms with E-state index < -0.39 is 9.84 Å². The van der Waals surface area contributed by atoms with Crippen LogP contribution in [0.5, 0.6) is 0 Å². The molecule has 0 saturated carbocycles. The van der Waals surface area contributed by atoms with Gasteiger partial charge in [-0.05, 0) is 19.1 Å². The minimum absolute atomic E-state index is 0.0979. The number of aryl methyl sites for hydroxylation is 1. The smallest absolute Gasteiger partial charge is 0.198 e. The lowest BCUT2D eigenvalue weighted by Crippen LogP contribution is -2.03. The normalized spacial score (nSPS) is 11.7. The fraction of sp³-hybridized carbons (Fsp3) is 0.250. The van der Waals surface area contributed by atoms with E-state index in [1.807, 2.05) is 6.92 Å². The largest absolute Gasteiger partial charge is 0.369 e. The average molecular weight is 265 g/mol. The standard InChI is InChI=1S/C12H15N3O2S/c1-3-18(16,17)10-6-4-9(5-7-10)11-8(2)14-12(13)15-11/h4-7H,3H2,1-2H3,(H3,13,14,15). The minimum Gasteiger partial charge on any atom is -0.369 e. The minimum atomic E-state index is -3.15. The van der Waals surface area contributed by atoms with Crippen molar-refractivity contribution < 1.29 is 8.42 Å². The zero-order chi connectivity index (χ0) is 13.3. The monoisotopic (exact) mass is 265 g/mol. The highest BCUT2D eigenvalue weighted by Crippen LogP contribution is 2.23. The van der Waals surface area contributed by atoms with E-state index >= 15 is 0 Å². The number of rotatable bonds is 3. The molecule has 1 heterocycles. The number of anilines is 1. The van der Waals surface area contributed by atoms with E-state index in [0.29, 0.717) is 10.8 Å². The van der Waals surface area contributed by atoms with Crippen molar-refractivity contribution in [2.45, 2.75) is 18.7 Å². The number of sulfone groups is 1. The number of hydrogen-bond donors (Lipinski definition) is 2. The first kappa shape index (κ1) is 12.6. The van der Waals surface area contributed by atoms with E-state index in [1.165, 1.54) is 0 Å². The van der Waals surface area contributed by atoms with Crippen molar-refractivity contribution in [1.29, 1.82) is 0 Å². The van der Waals surface area contributed by atoms with Crippen LogP contribution < -0.4 is 5.73 Å². The number of nitrogen functional groups attached to an aromatic ring is 1. The summed E-state index contributed by atoms with van der Waals surface area (Å²) in [5.74, 6) is 0.452. The van der Waals surface area contributed by atoms with Crippen LogP contribution in [0.25, 0.3) is 11.3 Å². The Morgan fingerprint density at radius 2 is 1.89 bits per heavy atom. The fourth-order valence-electron chi connectivity index (χ4n) is 1.75. The van der Waals surface area contributed by atoms with E-state index in [9.17, 15) is 8.42 Å². The molecule has 6 heteroatoms. The third kappa shape index (κ3) is 2.24. The maximum absolute atomic E-state index is 11.7. The molecule has 0 amide bonds. The van der Waals surface area contributed by atoms with Gasteiger partial charge in [0.1, 0.15) is 0 Å². The van der Waals surface area contributed by atoms with Crippen LogP contribution in [0.3, 0.4) is 0 Å². The van der Waals surface area contributed by atoms with Crippen molar-refractivity contribution in [1.82, 2.24) is 9.97 Å². The number of nitrogens with zero attached hydrogens (tertiary/aromatic N) is 1. The van der Waals surface area contributed by atoms with Crippen LogP contribution >= 0.6 is 0 Å². The third-order valence-corrected chi connectivity index (χ3v) is 4.52. The van der Waals surface area contributed by atoms with E-state index in [4.69, 9.17) is 5.73 Å². The molecule has 0 aliphatic rings. The lowest BCUT2D eigenvalue weighted by Gasteiger charge is -2.03. The van der Waals surface area contributed by atoms with Crippen LogP contribution in [-0.4, -0.2) is 24.1 Å². The molecular weight excluding hydrogens is 250 g/mol. The molecule has 3 N–H and O–H groups in total. The highest BCUT2D eigenvalue weighted by Gasteiger charge is 2.12. The van der Waals surface area contributed by atoms with E-state index in [-0.39, 0.29) is 5.75 Å². The number of H-pyrrole nitrogens is 1. The molecule has 0 atom stereocenters. The lowest BCUT2D eigenvalue weighted by molar-refractivity contribution is 0.597. The van der Waals surface area contributed by atoms with Crippen LogP contribution in [0.2, 0.25) is 0 Å². The molecule has 0 bridgehead atoms. The number of imidazole rings is 1. The molecule has 0 fully saturated rings. The van der Waals surface area contributed by atoms with Gasteiger partial charge in [-0.3, -0.25) is 0 Å². The summed E-state index contributed by atoms with van der Waals surface area (Å²) >= 11 is 0. The first-order valence-electron chi connectivity index (χ1n) is 5.59. The third-order valence-electron chi connectivity index (χ3n) is 2.77. The second kappa shape index (κ2) is 4.45. The van der Waals surface area contributed by atoms with Crippen molar-refractivity contribution >= 4 is 15.8 Å². The van der Waals surface area contributed by atoms with Gasteiger partial charge in [-0.25, -0.2) is 13.4 Å². The van der Waals surface area contributed by atoms with Gasteiger partial charge >= 0.3 is 0 Å². The second-order valence-electron chi connectivity index (χ2n) is 4.02. The molecule has 2 aromatic rings. The molecule has 0 saturated heterocycles. The van der Waals surface area contributed by atoms with Gasteiger partial charge < -0.3 is 10.7 Å². The van der Waals surface area contributed by atoms with Gasteiger partial charge in [0.25, 0.3) is 0 Å². The van der Waals surface area contributed by atoms with Gasteiger partial charge in [0.2, 0.25) is 0 Å². The second-order valence-corrected chi connectivity index (χ2v) is 6.30. The summed E-state index contributed by atoms with van der Waals surface area (Å²) in [6.07, 6.45) is 0. The Morgan fingerprint density at radius 1 is 1.28 bits per heavy atom. The Hall–Kier alpha value is -1.82. The lowest BCUT2D eigenvalue weighted by atomic mass is 10.1. The zero-order valence-electron chi connectivity index (χ0n) is 10.3. The summed E-state index contributed by atoms with van der Waals surface area (Å²) in [6, 6.07) is 6.67. The van der Waals surface area contributed by atoms with Crippen LogP contribution in [-0.2, 0) is 9.84 Å². The van der Waals surface area contributed by atoms with Gasteiger partial charge in [0, 0.05) is 11.3 Å². The van der Waals surface area contributed by atoms with Crippen molar-refractivity contribution in [3.8, 4) is 11.3 Å². The van der Waals surface area contributed by atoms with Crippen LogP contribution in [0.15, 0.2) is 29.2 Å².